The molecule has 20 heavy (non-hydrogen) atoms. The molecule has 2 N–H and O–H groups in total. The first-order valence-electron chi connectivity index (χ1n) is 6.42. The number of hydrogen-bond donors (Lipinski definition) is 2. The van der Waals surface area contributed by atoms with Gasteiger partial charge in [-0.05, 0) is 42.0 Å². The van der Waals surface area contributed by atoms with E-state index in [0.29, 0.717) is 6.54 Å². The topological polar surface area (TPSA) is 50.4 Å². The van der Waals surface area contributed by atoms with Crippen molar-refractivity contribution in [3.05, 3.63) is 54.1 Å². The number of methoxy groups -OCH3 is 1. The number of carbonyl (C=O) groups excluding carboxylic acids is 1. The molecule has 0 spiro atoms. The van der Waals surface area contributed by atoms with Gasteiger partial charge in [-0.25, -0.2) is 0 Å². The molecule has 0 aliphatic heterocycles. The van der Waals surface area contributed by atoms with Crippen molar-refractivity contribution in [2.45, 2.75) is 13.5 Å². The fraction of sp³-hybridized carbons (Fsp3) is 0.188. The summed E-state index contributed by atoms with van der Waals surface area (Å²) in [6.45, 7) is 2.07. The van der Waals surface area contributed by atoms with Crippen LogP contribution in [0, 0.1) is 0 Å². The van der Waals surface area contributed by atoms with E-state index < -0.39 is 0 Å². The Morgan fingerprint density at radius 2 is 1.55 bits per heavy atom. The van der Waals surface area contributed by atoms with Crippen molar-refractivity contribution in [1.29, 1.82) is 0 Å². The lowest BCUT2D eigenvalue weighted by atomic mass is 10.2. The zero-order chi connectivity index (χ0) is 14.4. The molecule has 2 aromatic rings. The van der Waals surface area contributed by atoms with Gasteiger partial charge in [-0.1, -0.05) is 12.1 Å². The minimum atomic E-state index is -0.0227. The summed E-state index contributed by atoms with van der Waals surface area (Å²) in [6.07, 6.45) is 0. The molecular formula is C16H18N2O2. The van der Waals surface area contributed by atoms with Crippen molar-refractivity contribution in [3.8, 4) is 5.75 Å². The molecule has 0 radical (unpaired) electrons. The maximum absolute atomic E-state index is 10.8. The van der Waals surface area contributed by atoms with Gasteiger partial charge in [-0.15, -0.1) is 0 Å². The predicted molar refractivity (Wildman–Crippen MR) is 80.2 cm³/mol. The fourth-order valence-electron chi connectivity index (χ4n) is 1.77. The minimum Gasteiger partial charge on any atom is -0.497 e. The third kappa shape index (κ3) is 4.02. The number of hydrogen-bond acceptors (Lipinski definition) is 3. The molecular weight excluding hydrogens is 252 g/mol. The van der Waals surface area contributed by atoms with Gasteiger partial charge in [0.25, 0.3) is 0 Å². The van der Waals surface area contributed by atoms with Gasteiger partial charge >= 0.3 is 0 Å². The van der Waals surface area contributed by atoms with Gasteiger partial charge in [0.15, 0.2) is 0 Å². The average molecular weight is 270 g/mol. The molecule has 0 aliphatic rings. The highest BCUT2D eigenvalue weighted by Crippen LogP contribution is 2.20. The van der Waals surface area contributed by atoms with Crippen LogP contribution in [0.25, 0.3) is 0 Å². The second-order valence-corrected chi connectivity index (χ2v) is 4.46. The second-order valence-electron chi connectivity index (χ2n) is 4.46. The number of carbonyl (C=O) groups is 1. The molecule has 0 fully saturated rings. The Kier molecular flexibility index (Phi) is 4.60. The summed E-state index contributed by atoms with van der Waals surface area (Å²) in [7, 11) is 1.65. The van der Waals surface area contributed by atoms with Crippen LogP contribution in [0.2, 0.25) is 0 Å². The minimum absolute atomic E-state index is 0.0227. The normalized spacial score (nSPS) is 9.90. The molecule has 0 unspecified atom stereocenters. The van der Waals surface area contributed by atoms with Gasteiger partial charge in [0, 0.05) is 24.8 Å². The molecule has 4 nitrogen and oxygen atoms in total. The van der Waals surface area contributed by atoms with Crippen LogP contribution < -0.4 is 15.4 Å². The highest BCUT2D eigenvalue weighted by Gasteiger charge is 1.98. The maximum Gasteiger partial charge on any atom is 0.217 e. The smallest absolute Gasteiger partial charge is 0.217 e. The number of anilines is 2. The summed E-state index contributed by atoms with van der Waals surface area (Å²) < 4.78 is 5.12. The molecule has 104 valence electrons. The zero-order valence-electron chi connectivity index (χ0n) is 11.6. The fourth-order valence-corrected chi connectivity index (χ4v) is 1.77. The first-order valence-corrected chi connectivity index (χ1v) is 6.42. The summed E-state index contributed by atoms with van der Waals surface area (Å²) in [5.74, 6) is 0.812. The van der Waals surface area contributed by atoms with Crippen LogP contribution in [-0.4, -0.2) is 13.0 Å². The highest BCUT2D eigenvalue weighted by molar-refractivity contribution is 5.72. The molecule has 2 aromatic carbocycles. The number of rotatable bonds is 5. The van der Waals surface area contributed by atoms with Crippen molar-refractivity contribution in [3.63, 3.8) is 0 Å². The van der Waals surface area contributed by atoms with Crippen molar-refractivity contribution in [1.82, 2.24) is 5.32 Å². The molecule has 0 atom stereocenters. The first-order chi connectivity index (χ1) is 9.67. The van der Waals surface area contributed by atoms with Gasteiger partial charge in [0.05, 0.1) is 7.11 Å². The Morgan fingerprint density at radius 1 is 1.00 bits per heavy atom. The van der Waals surface area contributed by atoms with Gasteiger partial charge < -0.3 is 15.4 Å². The molecule has 4 heteroatoms. The SMILES string of the molecule is COc1ccc(Nc2ccc(CNC(C)=O)cc2)cc1. The summed E-state index contributed by atoms with van der Waals surface area (Å²) in [4.78, 5) is 10.8. The van der Waals surface area contributed by atoms with Crippen LogP contribution in [0.15, 0.2) is 48.5 Å². The maximum atomic E-state index is 10.8. The van der Waals surface area contributed by atoms with Crippen LogP contribution in [0.4, 0.5) is 11.4 Å². The quantitative estimate of drug-likeness (QED) is 0.878. The van der Waals surface area contributed by atoms with E-state index in [0.717, 1.165) is 22.7 Å². The number of nitrogens with one attached hydrogen (secondary N) is 2. The molecule has 0 heterocycles. The second kappa shape index (κ2) is 6.61. The van der Waals surface area contributed by atoms with Gasteiger partial charge in [-0.3, -0.25) is 4.79 Å². The van der Waals surface area contributed by atoms with E-state index in [-0.39, 0.29) is 5.91 Å². The Balaban J connectivity index is 1.97. The summed E-state index contributed by atoms with van der Waals surface area (Å²) in [5, 5.41) is 6.07. The van der Waals surface area contributed by atoms with Gasteiger partial charge in [-0.2, -0.15) is 0 Å². The Hall–Kier alpha value is -2.49. The highest BCUT2D eigenvalue weighted by atomic mass is 16.5. The van der Waals surface area contributed by atoms with Crippen LogP contribution >= 0.6 is 0 Å². The van der Waals surface area contributed by atoms with E-state index in [2.05, 4.69) is 10.6 Å². The Bertz CT molecular complexity index is 562. The van der Waals surface area contributed by atoms with Crippen LogP contribution in [0.3, 0.4) is 0 Å². The Morgan fingerprint density at radius 3 is 2.05 bits per heavy atom. The summed E-state index contributed by atoms with van der Waals surface area (Å²) in [5.41, 5.74) is 3.07. The summed E-state index contributed by atoms with van der Waals surface area (Å²) in [6, 6.07) is 15.7. The molecule has 0 aliphatic carbocycles. The van der Waals surface area contributed by atoms with Gasteiger partial charge in [0.1, 0.15) is 5.75 Å². The summed E-state index contributed by atoms with van der Waals surface area (Å²) >= 11 is 0. The van der Waals surface area contributed by atoms with Crippen molar-refractivity contribution < 1.29 is 9.53 Å². The van der Waals surface area contributed by atoms with E-state index in [1.807, 2.05) is 48.5 Å². The lowest BCUT2D eigenvalue weighted by molar-refractivity contribution is -0.119. The standard InChI is InChI=1S/C16H18N2O2/c1-12(19)17-11-13-3-5-14(6-4-13)18-15-7-9-16(20-2)10-8-15/h3-10,18H,11H2,1-2H3,(H,17,19). The molecule has 1 amide bonds. The van der Waals surface area contributed by atoms with Crippen molar-refractivity contribution in [2.24, 2.45) is 0 Å². The lowest BCUT2D eigenvalue weighted by Gasteiger charge is -2.08. The average Bonchev–Trinajstić information content (AvgIpc) is 2.47. The number of ether oxygens (including phenoxy) is 1. The van der Waals surface area contributed by atoms with Gasteiger partial charge in [0.2, 0.25) is 5.91 Å². The molecule has 0 saturated carbocycles. The third-order valence-corrected chi connectivity index (χ3v) is 2.87. The van der Waals surface area contributed by atoms with E-state index in [4.69, 9.17) is 4.74 Å². The number of amides is 1. The van der Waals surface area contributed by atoms with E-state index in [1.165, 1.54) is 6.92 Å². The van der Waals surface area contributed by atoms with E-state index in [9.17, 15) is 4.79 Å². The predicted octanol–water partition coefficient (Wildman–Crippen LogP) is 3.07. The lowest BCUT2D eigenvalue weighted by Crippen LogP contribution is -2.18. The largest absolute Gasteiger partial charge is 0.497 e. The van der Waals surface area contributed by atoms with E-state index >= 15 is 0 Å². The first kappa shape index (κ1) is 13.9. The molecule has 0 saturated heterocycles. The van der Waals surface area contributed by atoms with Crippen LogP contribution in [0.5, 0.6) is 5.75 Å². The zero-order valence-corrected chi connectivity index (χ0v) is 11.6. The van der Waals surface area contributed by atoms with Crippen LogP contribution in [-0.2, 0) is 11.3 Å². The molecule has 0 bridgehead atoms. The molecule has 0 aromatic heterocycles. The number of benzene rings is 2. The Labute approximate surface area is 118 Å². The monoisotopic (exact) mass is 270 g/mol. The van der Waals surface area contributed by atoms with Crippen molar-refractivity contribution >= 4 is 17.3 Å². The third-order valence-electron chi connectivity index (χ3n) is 2.87. The molecule has 2 rings (SSSR count). The van der Waals surface area contributed by atoms with E-state index in [1.54, 1.807) is 7.11 Å². The van der Waals surface area contributed by atoms with Crippen molar-refractivity contribution in [2.75, 3.05) is 12.4 Å². The van der Waals surface area contributed by atoms with Crippen LogP contribution in [0.1, 0.15) is 12.5 Å².